The molecule has 0 bridgehead atoms. The summed E-state index contributed by atoms with van der Waals surface area (Å²) >= 11 is 0. The van der Waals surface area contributed by atoms with Crippen LogP contribution in [0.5, 0.6) is 0 Å². The Kier molecular flexibility index (Phi) is 21.7. The van der Waals surface area contributed by atoms with Crippen LogP contribution in [0.1, 0.15) is 61.8 Å². The molecule has 0 fully saturated rings. The minimum atomic E-state index is 1.03. The van der Waals surface area contributed by atoms with Gasteiger partial charge in [0, 0.05) is 6.67 Å². The van der Waals surface area contributed by atoms with Gasteiger partial charge in [0.15, 0.2) is 0 Å². The molecule has 0 unspecified atom stereocenters. The lowest BCUT2D eigenvalue weighted by Gasteiger charge is -2.14. The van der Waals surface area contributed by atoms with Crippen molar-refractivity contribution < 1.29 is 0 Å². The van der Waals surface area contributed by atoms with Crippen molar-refractivity contribution in [2.45, 2.75) is 61.8 Å². The van der Waals surface area contributed by atoms with Crippen LogP contribution in [0.4, 0.5) is 0 Å². The van der Waals surface area contributed by atoms with Crippen molar-refractivity contribution in [1.82, 2.24) is 15.1 Å². The molecule has 348 valence electrons. The SMILES string of the molecule is CC.CC.CC.CCC.CN(C)CN(C)C.CNC.c1ccc2c(c1)-c1cccc3cccc-2c13.c1ccc2c(c1)-c1cccc3cccc-2c13.c1ccc2c(c1)-c1cccc3cccc-2c13. The third-order valence-electron chi connectivity index (χ3n) is 10.8. The fourth-order valence-corrected chi connectivity index (χ4v) is 8.79. The summed E-state index contributed by atoms with van der Waals surface area (Å²) in [7, 11) is 12.0. The summed E-state index contributed by atoms with van der Waals surface area (Å²) in [5.41, 5.74) is 16.5. The van der Waals surface area contributed by atoms with E-state index in [1.54, 1.807) is 0 Å². The zero-order valence-corrected chi connectivity index (χ0v) is 43.1. The summed E-state index contributed by atoms with van der Waals surface area (Å²) in [6, 6.07) is 65.3. The molecule has 0 saturated carbocycles. The number of rotatable bonds is 2. The Labute approximate surface area is 405 Å². The van der Waals surface area contributed by atoms with Crippen molar-refractivity contribution in [2.24, 2.45) is 0 Å². The largest absolute Gasteiger partial charge is 0.323 e. The number of hydrogen-bond acceptors (Lipinski definition) is 3. The van der Waals surface area contributed by atoms with E-state index in [1.165, 1.54) is 105 Å². The molecule has 9 aromatic carbocycles. The first kappa shape index (κ1) is 53.3. The van der Waals surface area contributed by atoms with Crippen LogP contribution >= 0.6 is 0 Å². The second-order valence-corrected chi connectivity index (χ2v) is 16.3. The Hall–Kier alpha value is -6.36. The van der Waals surface area contributed by atoms with Crippen molar-refractivity contribution in [3.8, 4) is 66.8 Å². The first-order valence-corrected chi connectivity index (χ1v) is 24.5. The predicted octanol–water partition coefficient (Wildman–Crippen LogP) is 17.9. The third-order valence-corrected chi connectivity index (χ3v) is 10.8. The van der Waals surface area contributed by atoms with Gasteiger partial charge >= 0.3 is 0 Å². The van der Waals surface area contributed by atoms with Gasteiger partial charge < -0.3 is 5.32 Å². The predicted molar refractivity (Wildman–Crippen MR) is 302 cm³/mol. The number of nitrogens with one attached hydrogen (secondary N) is 1. The minimum absolute atomic E-state index is 1.03. The van der Waals surface area contributed by atoms with Crippen LogP contribution in [0.3, 0.4) is 0 Å². The monoisotopic (exact) mass is 888 g/mol. The van der Waals surface area contributed by atoms with Gasteiger partial charge in [-0.15, -0.1) is 0 Å². The molecule has 3 heteroatoms. The van der Waals surface area contributed by atoms with E-state index in [1.807, 2.05) is 55.6 Å². The van der Waals surface area contributed by atoms with Gasteiger partial charge in [0.1, 0.15) is 0 Å². The van der Waals surface area contributed by atoms with Crippen LogP contribution in [0.25, 0.3) is 99.1 Å². The van der Waals surface area contributed by atoms with E-state index in [9.17, 15) is 0 Å². The summed E-state index contributed by atoms with van der Waals surface area (Å²) < 4.78 is 0. The lowest BCUT2D eigenvalue weighted by molar-refractivity contribution is 0.245. The highest BCUT2D eigenvalue weighted by molar-refractivity contribution is 6.17. The highest BCUT2D eigenvalue weighted by Gasteiger charge is 2.21. The molecular formula is C64H77N3. The van der Waals surface area contributed by atoms with E-state index >= 15 is 0 Å². The summed E-state index contributed by atoms with van der Waals surface area (Å²) in [6.45, 7) is 17.3. The number of nitrogens with zero attached hydrogens (tertiary/aromatic N) is 2. The van der Waals surface area contributed by atoms with Crippen LogP contribution in [0.15, 0.2) is 182 Å². The van der Waals surface area contributed by atoms with Crippen molar-refractivity contribution >= 4 is 32.3 Å². The molecule has 1 N–H and O–H groups in total. The summed E-state index contributed by atoms with van der Waals surface area (Å²) in [5.74, 6) is 0. The highest BCUT2D eigenvalue weighted by atomic mass is 15.2. The standard InChI is InChI=1S/3C16H10.C5H14N2.C3H8.C2H7N.3C2H6/c3*1-2-8-13-12(7-1)14-9-3-5-11-6-4-10-15(13)16(11)14;1-6(2)5-7(3)4;2*1-3-2;3*1-2/h3*1-10H;5H2,1-4H3;3H2,1-2H3;3H,1-2H3;3*1-2H3. The van der Waals surface area contributed by atoms with E-state index in [4.69, 9.17) is 0 Å². The highest BCUT2D eigenvalue weighted by Crippen LogP contribution is 2.49. The van der Waals surface area contributed by atoms with Gasteiger partial charge in [-0.25, -0.2) is 0 Å². The lowest BCUT2D eigenvalue weighted by Crippen LogP contribution is -2.26. The maximum atomic E-state index is 2.75. The quantitative estimate of drug-likeness (QED) is 0.175. The van der Waals surface area contributed by atoms with Gasteiger partial charge in [-0.2, -0.15) is 0 Å². The topological polar surface area (TPSA) is 18.5 Å². The summed E-state index contributed by atoms with van der Waals surface area (Å²) in [6.07, 6.45) is 1.25. The molecule has 0 heterocycles. The Balaban J connectivity index is 0.000000186. The molecule has 9 aromatic rings. The molecule has 0 atom stereocenters. The molecule has 0 aromatic heterocycles. The Morgan fingerprint density at radius 2 is 0.433 bits per heavy atom. The minimum Gasteiger partial charge on any atom is -0.323 e. The maximum Gasteiger partial charge on any atom is 0.0495 e. The Morgan fingerprint density at radius 3 is 0.567 bits per heavy atom. The van der Waals surface area contributed by atoms with Crippen molar-refractivity contribution in [1.29, 1.82) is 0 Å². The second-order valence-electron chi connectivity index (χ2n) is 16.3. The zero-order valence-electron chi connectivity index (χ0n) is 43.1. The molecule has 0 spiro atoms. The van der Waals surface area contributed by atoms with Crippen LogP contribution in [0, 0.1) is 0 Å². The third kappa shape index (κ3) is 12.4. The van der Waals surface area contributed by atoms with Crippen molar-refractivity contribution in [3.05, 3.63) is 182 Å². The summed E-state index contributed by atoms with van der Waals surface area (Å²) in [5, 5.41) is 11.0. The van der Waals surface area contributed by atoms with Crippen LogP contribution in [-0.4, -0.2) is 58.8 Å². The van der Waals surface area contributed by atoms with E-state index in [-0.39, 0.29) is 0 Å². The van der Waals surface area contributed by atoms with E-state index in [2.05, 4.69) is 239 Å². The lowest BCUT2D eigenvalue weighted by atomic mass is 10.0. The normalized spacial score (nSPS) is 10.4. The molecule has 0 saturated heterocycles. The van der Waals surface area contributed by atoms with Crippen molar-refractivity contribution in [3.63, 3.8) is 0 Å². The number of benzene rings is 9. The average Bonchev–Trinajstić information content (AvgIpc) is 4.01. The van der Waals surface area contributed by atoms with E-state index in [0.717, 1.165) is 6.67 Å². The number of fused-ring (bicyclic) bond motifs is 9. The van der Waals surface area contributed by atoms with Crippen LogP contribution in [0.2, 0.25) is 0 Å². The Morgan fingerprint density at radius 1 is 0.284 bits per heavy atom. The summed E-state index contributed by atoms with van der Waals surface area (Å²) in [4.78, 5) is 4.25. The zero-order chi connectivity index (χ0) is 48.9. The van der Waals surface area contributed by atoms with Gasteiger partial charge in [-0.3, -0.25) is 9.80 Å². The first-order chi connectivity index (χ1) is 32.8. The molecule has 0 aliphatic heterocycles. The molecule has 67 heavy (non-hydrogen) atoms. The molecule has 12 rings (SSSR count). The van der Waals surface area contributed by atoms with Gasteiger partial charge in [0.2, 0.25) is 0 Å². The van der Waals surface area contributed by atoms with Gasteiger partial charge in [-0.05, 0) is 141 Å². The maximum absolute atomic E-state index is 2.75. The van der Waals surface area contributed by atoms with Gasteiger partial charge in [0.25, 0.3) is 0 Å². The fraction of sp³-hybridized carbons (Fsp3) is 0.250. The molecule has 3 aliphatic rings. The molecular weight excluding hydrogens is 811 g/mol. The van der Waals surface area contributed by atoms with Crippen molar-refractivity contribution in [2.75, 3.05) is 49.0 Å². The van der Waals surface area contributed by atoms with Crippen LogP contribution < -0.4 is 5.32 Å². The molecule has 3 aliphatic carbocycles. The van der Waals surface area contributed by atoms with Gasteiger partial charge in [0.05, 0.1) is 0 Å². The van der Waals surface area contributed by atoms with E-state index < -0.39 is 0 Å². The average molecular weight is 888 g/mol. The Bertz CT molecular complexity index is 2420. The smallest absolute Gasteiger partial charge is 0.0495 e. The van der Waals surface area contributed by atoms with Crippen LogP contribution in [-0.2, 0) is 0 Å². The molecule has 3 nitrogen and oxygen atoms in total. The molecule has 0 amide bonds. The second kappa shape index (κ2) is 27.3. The van der Waals surface area contributed by atoms with Gasteiger partial charge in [-0.1, -0.05) is 244 Å². The number of hydrogen-bond donors (Lipinski definition) is 1. The molecule has 0 radical (unpaired) electrons. The fourth-order valence-electron chi connectivity index (χ4n) is 8.79. The van der Waals surface area contributed by atoms with E-state index in [0.29, 0.717) is 0 Å². The first-order valence-electron chi connectivity index (χ1n) is 24.5.